The predicted molar refractivity (Wildman–Crippen MR) is 141 cm³/mol. The SMILES string of the molecule is CCCN(CCC)[C@@H]1C(O)=C(C(N)=O)C2(O)CO[C@@]23C(O)=C2C(=O)c4c(O)cnc(N(C)C)c4CC2(N)C[C@@H]13. The van der Waals surface area contributed by atoms with Crippen molar-refractivity contribution < 1.29 is 34.8 Å². The largest absolute Gasteiger partial charge is 0.510 e. The van der Waals surface area contributed by atoms with Gasteiger partial charge >= 0.3 is 0 Å². The van der Waals surface area contributed by atoms with Crippen LogP contribution in [0.25, 0.3) is 0 Å². The Balaban J connectivity index is 1.80. The van der Waals surface area contributed by atoms with Crippen LogP contribution in [0, 0.1) is 5.92 Å². The van der Waals surface area contributed by atoms with Crippen LogP contribution in [0.15, 0.2) is 28.9 Å². The monoisotopic (exact) mass is 543 g/mol. The fourth-order valence-electron chi connectivity index (χ4n) is 7.41. The maximum Gasteiger partial charge on any atom is 0.251 e. The third-order valence-corrected chi connectivity index (χ3v) is 8.82. The Kier molecular flexibility index (Phi) is 6.26. The van der Waals surface area contributed by atoms with Gasteiger partial charge in [-0.25, -0.2) is 4.98 Å². The molecular formula is C27H37N5O7. The van der Waals surface area contributed by atoms with E-state index in [1.165, 1.54) is 6.20 Å². The number of aromatic hydroxyl groups is 1. The molecule has 3 aliphatic carbocycles. The van der Waals surface area contributed by atoms with E-state index in [4.69, 9.17) is 16.2 Å². The Hall–Kier alpha value is -3.19. The van der Waals surface area contributed by atoms with Gasteiger partial charge in [-0.05, 0) is 38.8 Å². The number of hydrogen-bond donors (Lipinski definition) is 6. The van der Waals surface area contributed by atoms with Crippen LogP contribution in [0.2, 0.25) is 0 Å². The zero-order chi connectivity index (χ0) is 28.7. The average molecular weight is 544 g/mol. The molecule has 1 amide bonds. The molecule has 0 saturated carbocycles. The van der Waals surface area contributed by atoms with Crippen LogP contribution in [0.3, 0.4) is 0 Å². The van der Waals surface area contributed by atoms with E-state index in [0.717, 1.165) is 12.8 Å². The highest BCUT2D eigenvalue weighted by atomic mass is 16.6. The Morgan fingerprint density at radius 2 is 1.85 bits per heavy atom. The fourth-order valence-corrected chi connectivity index (χ4v) is 7.41. The Morgan fingerprint density at radius 3 is 2.36 bits per heavy atom. The minimum absolute atomic E-state index is 0.0209. The van der Waals surface area contributed by atoms with E-state index in [9.17, 15) is 30.0 Å². The Morgan fingerprint density at radius 1 is 1.21 bits per heavy atom. The van der Waals surface area contributed by atoms with Crippen LogP contribution in [-0.4, -0.2) is 98.6 Å². The van der Waals surface area contributed by atoms with Gasteiger partial charge in [0.15, 0.2) is 17.0 Å². The van der Waals surface area contributed by atoms with Crippen molar-refractivity contribution in [3.8, 4) is 5.75 Å². The smallest absolute Gasteiger partial charge is 0.251 e. The highest BCUT2D eigenvalue weighted by Gasteiger charge is 2.78. The van der Waals surface area contributed by atoms with Crippen LogP contribution >= 0.6 is 0 Å². The molecule has 1 aromatic rings. The van der Waals surface area contributed by atoms with Crippen LogP contribution in [-0.2, 0) is 16.0 Å². The second-order valence-electron chi connectivity index (χ2n) is 11.4. The molecule has 2 unspecified atom stereocenters. The summed E-state index contributed by atoms with van der Waals surface area (Å²) in [4.78, 5) is 34.7. The summed E-state index contributed by atoms with van der Waals surface area (Å²) >= 11 is 0. The molecule has 4 aliphatic rings. The molecule has 1 spiro atoms. The van der Waals surface area contributed by atoms with Crippen molar-refractivity contribution in [1.82, 2.24) is 9.88 Å². The summed E-state index contributed by atoms with van der Waals surface area (Å²) in [6.45, 7) is 4.62. The number of aliphatic hydroxyl groups is 3. The van der Waals surface area contributed by atoms with Crippen molar-refractivity contribution in [2.75, 3.05) is 38.7 Å². The maximum atomic E-state index is 14.0. The van der Waals surface area contributed by atoms with E-state index in [0.29, 0.717) is 24.5 Å². The molecule has 0 bridgehead atoms. The van der Waals surface area contributed by atoms with Crippen molar-refractivity contribution in [3.63, 3.8) is 0 Å². The molecule has 1 fully saturated rings. The molecule has 0 aromatic carbocycles. The highest BCUT2D eigenvalue weighted by molar-refractivity contribution is 6.15. The maximum absolute atomic E-state index is 14.0. The number of primary amides is 1. The summed E-state index contributed by atoms with van der Waals surface area (Å²) in [5.74, 6) is -3.47. The molecule has 0 radical (unpaired) electrons. The lowest BCUT2D eigenvalue weighted by Gasteiger charge is -2.66. The van der Waals surface area contributed by atoms with Gasteiger partial charge < -0.3 is 41.5 Å². The van der Waals surface area contributed by atoms with Gasteiger partial charge in [0.2, 0.25) is 0 Å². The van der Waals surface area contributed by atoms with Crippen LogP contribution in [0.5, 0.6) is 5.75 Å². The molecule has 12 heteroatoms. The van der Waals surface area contributed by atoms with E-state index in [1.54, 1.807) is 19.0 Å². The normalized spacial score (nSPS) is 33.3. The third kappa shape index (κ3) is 3.35. The van der Waals surface area contributed by atoms with Gasteiger partial charge in [0.05, 0.1) is 41.1 Å². The molecule has 212 valence electrons. The number of fused-ring (bicyclic) bond motifs is 2. The standard InChI is InChI=1S/C27H37N5O7/c1-5-7-32(8-6-2)19-14-10-25(29)9-13-16(15(33)11-30-24(13)31(3)4)20(34)17(25)22(36)27(14)26(38,12-39-27)18(21(19)35)23(28)37/h11,14,19,33,35-36,38H,5-10,12,29H2,1-4H3,(H2,28,37)/t14-,19-,25?,26?,27-/m0/s1. The van der Waals surface area contributed by atoms with Gasteiger partial charge in [-0.3, -0.25) is 14.5 Å². The Bertz CT molecular complexity index is 1320. The third-order valence-electron chi connectivity index (χ3n) is 8.82. The number of pyridine rings is 1. The van der Waals surface area contributed by atoms with Gasteiger partial charge in [-0.1, -0.05) is 13.8 Å². The molecule has 12 nitrogen and oxygen atoms in total. The number of aromatic nitrogens is 1. The topological polar surface area (TPSA) is 196 Å². The van der Waals surface area contributed by atoms with E-state index >= 15 is 0 Å². The first-order valence-electron chi connectivity index (χ1n) is 13.3. The molecule has 39 heavy (non-hydrogen) atoms. The van der Waals surface area contributed by atoms with Crippen LogP contribution in [0.4, 0.5) is 5.82 Å². The summed E-state index contributed by atoms with van der Waals surface area (Å²) in [5.41, 5.74) is 6.90. The minimum atomic E-state index is -2.18. The van der Waals surface area contributed by atoms with Crippen molar-refractivity contribution in [2.24, 2.45) is 17.4 Å². The molecule has 1 aliphatic heterocycles. The number of nitrogens with zero attached hydrogens (tertiary/aromatic N) is 3. The Labute approximate surface area is 226 Å². The number of ketones is 1. The summed E-state index contributed by atoms with van der Waals surface area (Å²) in [7, 11) is 3.51. The summed E-state index contributed by atoms with van der Waals surface area (Å²) in [6, 6.07) is -0.871. The second-order valence-corrected chi connectivity index (χ2v) is 11.4. The lowest BCUT2D eigenvalue weighted by Crippen LogP contribution is -2.82. The zero-order valence-electron chi connectivity index (χ0n) is 22.7. The fraction of sp³-hybridized carbons (Fsp3) is 0.593. The molecule has 5 atom stereocenters. The number of nitrogens with two attached hydrogens (primary N) is 2. The number of aliphatic hydroxyl groups excluding tert-OH is 2. The number of Topliss-reactive ketones (excluding diaryl/α,β-unsaturated/α-hetero) is 1. The number of rotatable bonds is 7. The number of hydrogen-bond acceptors (Lipinski definition) is 11. The molecular weight excluding hydrogens is 506 g/mol. The van der Waals surface area contributed by atoms with Gasteiger partial charge in [0, 0.05) is 25.6 Å². The molecule has 1 aromatic heterocycles. The zero-order valence-corrected chi connectivity index (χ0v) is 22.7. The average Bonchev–Trinajstić information content (AvgIpc) is 2.82. The predicted octanol–water partition coefficient (Wildman–Crippen LogP) is 0.423. The van der Waals surface area contributed by atoms with E-state index < -0.39 is 58.3 Å². The molecule has 5 rings (SSSR count). The molecule has 1 saturated heterocycles. The number of anilines is 1. The van der Waals surface area contributed by atoms with Gasteiger partial charge in [0.1, 0.15) is 23.1 Å². The van der Waals surface area contributed by atoms with Crippen molar-refractivity contribution in [2.45, 2.75) is 62.3 Å². The highest BCUT2D eigenvalue weighted by Crippen LogP contribution is 2.63. The van der Waals surface area contributed by atoms with Crippen LogP contribution in [0.1, 0.15) is 49.0 Å². The lowest BCUT2D eigenvalue weighted by molar-refractivity contribution is -0.319. The first-order chi connectivity index (χ1) is 18.3. The second kappa shape index (κ2) is 8.91. The minimum Gasteiger partial charge on any atom is -0.510 e. The first-order valence-corrected chi connectivity index (χ1v) is 13.3. The van der Waals surface area contributed by atoms with E-state index in [1.807, 2.05) is 18.7 Å². The van der Waals surface area contributed by atoms with E-state index in [-0.39, 0.29) is 35.5 Å². The van der Waals surface area contributed by atoms with Gasteiger partial charge in [-0.2, -0.15) is 0 Å². The first kappa shape index (κ1) is 27.4. The summed E-state index contributed by atoms with van der Waals surface area (Å²) in [5, 5.41) is 46.0. The lowest BCUT2D eigenvalue weighted by atomic mass is 9.50. The van der Waals surface area contributed by atoms with Gasteiger partial charge in [0.25, 0.3) is 5.91 Å². The van der Waals surface area contributed by atoms with Crippen molar-refractivity contribution >= 4 is 17.5 Å². The summed E-state index contributed by atoms with van der Waals surface area (Å²) < 4.78 is 6.00. The number of ether oxygens (including phenoxy) is 1. The van der Waals surface area contributed by atoms with E-state index in [2.05, 4.69) is 4.98 Å². The quantitative estimate of drug-likeness (QED) is 0.279. The number of carbonyl (C=O) groups excluding carboxylic acids is 2. The molecule has 8 N–H and O–H groups in total. The van der Waals surface area contributed by atoms with Crippen molar-refractivity contribution in [3.05, 3.63) is 40.0 Å². The summed E-state index contributed by atoms with van der Waals surface area (Å²) in [6.07, 6.45) is 2.69. The number of amides is 1. The molecule has 2 heterocycles. The number of carbonyl (C=O) groups is 2. The van der Waals surface area contributed by atoms with Crippen LogP contribution < -0.4 is 16.4 Å². The van der Waals surface area contributed by atoms with Gasteiger partial charge in [-0.15, -0.1) is 0 Å². The van der Waals surface area contributed by atoms with Crippen molar-refractivity contribution in [1.29, 1.82) is 0 Å².